The van der Waals surface area contributed by atoms with E-state index in [1.54, 1.807) is 27.7 Å². The van der Waals surface area contributed by atoms with Gasteiger partial charge in [0.25, 0.3) is 5.97 Å². The van der Waals surface area contributed by atoms with Gasteiger partial charge in [0.2, 0.25) is 5.79 Å². The molecule has 3 N–H and O–H groups in total. The Morgan fingerprint density at radius 2 is 1.35 bits per heavy atom. The number of nitrogens with one attached hydrogen (secondary N) is 2. The van der Waals surface area contributed by atoms with Gasteiger partial charge in [-0.25, -0.2) is 24.5 Å². The van der Waals surface area contributed by atoms with Crippen molar-refractivity contribution in [2.45, 2.75) is 76.8 Å². The van der Waals surface area contributed by atoms with Gasteiger partial charge in [0.05, 0.1) is 7.11 Å². The number of hydrogen-bond donors (Lipinski definition) is 3. The first kappa shape index (κ1) is 43.8. The van der Waals surface area contributed by atoms with E-state index in [0.29, 0.717) is 19.7 Å². The average Bonchev–Trinajstić information content (AvgIpc) is 3.07. The molecule has 0 aromatic rings. The number of likely N-dealkylation sites (N-methyl/N-ethyl adjacent to an activating group) is 2. The van der Waals surface area contributed by atoms with Crippen LogP contribution in [0.25, 0.3) is 14.5 Å². The smallest absolute Gasteiger partial charge is 0.398 e. The Labute approximate surface area is 280 Å². The summed E-state index contributed by atoms with van der Waals surface area (Å²) in [4.78, 5) is 66.1. The van der Waals surface area contributed by atoms with Crippen molar-refractivity contribution < 1.29 is 62.2 Å². The van der Waals surface area contributed by atoms with Crippen LogP contribution < -0.4 is 10.6 Å². The molecule has 1 unspecified atom stereocenters. The van der Waals surface area contributed by atoms with E-state index in [-0.39, 0.29) is 32.2 Å². The quantitative estimate of drug-likeness (QED) is 0.195. The summed E-state index contributed by atoms with van der Waals surface area (Å²) in [5.41, 5.74) is -4.52. The monoisotopic (exact) mass is 683 g/mol. The van der Waals surface area contributed by atoms with Gasteiger partial charge in [0.15, 0.2) is 12.4 Å². The van der Waals surface area contributed by atoms with Gasteiger partial charge in [0.1, 0.15) is 33.0 Å². The molecular weight excluding hydrogens is 638 g/mol. The number of ether oxygens (including phenoxy) is 7. The maximum atomic E-state index is 11.8. The number of amides is 2. The van der Waals surface area contributed by atoms with Gasteiger partial charge in [-0.05, 0) is 27.7 Å². The second-order valence-corrected chi connectivity index (χ2v) is 10.5. The molecule has 2 rings (SSSR count). The molecule has 2 aliphatic rings. The molecule has 48 heavy (non-hydrogen) atoms. The molecule has 0 radical (unpaired) electrons. The van der Waals surface area contributed by atoms with Crippen molar-refractivity contribution in [1.82, 2.24) is 10.6 Å². The van der Waals surface area contributed by atoms with Crippen molar-refractivity contribution in [2.24, 2.45) is 0 Å². The summed E-state index contributed by atoms with van der Waals surface area (Å²) >= 11 is 0. The number of Topliss-reactive ketones (excluding diaryl/α,β-unsaturated/α-hetero) is 1. The summed E-state index contributed by atoms with van der Waals surface area (Å²) in [6.07, 6.45) is 0. The lowest BCUT2D eigenvalue weighted by molar-refractivity contribution is -0.394. The van der Waals surface area contributed by atoms with Gasteiger partial charge >= 0.3 is 40.4 Å². The molecule has 0 aromatic carbocycles. The number of esters is 2. The van der Waals surface area contributed by atoms with Crippen molar-refractivity contribution in [2.75, 3.05) is 66.4 Å². The van der Waals surface area contributed by atoms with Crippen molar-refractivity contribution in [3.63, 3.8) is 0 Å². The Balaban J connectivity index is 0.000000692. The molecule has 2 aliphatic heterocycles. The van der Waals surface area contributed by atoms with Crippen LogP contribution >= 0.6 is 0 Å². The second kappa shape index (κ2) is 19.6. The third kappa shape index (κ3) is 11.5. The molecule has 0 aromatic heterocycles. The van der Waals surface area contributed by atoms with Crippen LogP contribution in [-0.2, 0) is 57.1 Å². The maximum absolute atomic E-state index is 11.8. The molecule has 18 heteroatoms. The zero-order valence-electron chi connectivity index (χ0n) is 28.6. The summed E-state index contributed by atoms with van der Waals surface area (Å²) in [6, 6.07) is 0. The number of aliphatic hydroxyl groups excluding tert-OH is 1. The lowest BCUT2D eigenvalue weighted by Crippen LogP contribution is -2.59. The SMILES string of the molecule is [C-]#[N+]C(CO)(COC(C)=O)C(=O)NCC.[C-]#[N+]C1(C(=O)NCC)COC(C)(C(C)=O)OC1.[C-]#[N+]C1(C(=O)OC)COC(C)(OCC)OC1. The second-order valence-electron chi connectivity index (χ2n) is 10.5. The molecule has 1 atom stereocenters. The Kier molecular flexibility index (Phi) is 17.8. The minimum atomic E-state index is -1.72. The third-order valence-corrected chi connectivity index (χ3v) is 6.87. The number of rotatable bonds is 11. The van der Waals surface area contributed by atoms with Crippen molar-refractivity contribution in [1.29, 1.82) is 0 Å². The number of ketones is 1. The standard InChI is InChI=1S/C11H16N2O4.C10H15NO5.C9H14N2O4/c1-5-13-9(15)11(12-4)6-16-10(3,8(2)14)17-7-11;1-5-14-9(2)15-6-10(11-3,7-16-9)8(12)13-4;1-4-11-8(14)9(5-12,10-3)6-15-7(2)13/h5-7H2,1-3H3,(H,13,15);5-7H2,1-2,4H3;12H,4-6H2,1-2H3,(H,11,14). The molecule has 268 valence electrons. The highest BCUT2D eigenvalue weighted by Crippen LogP contribution is 2.29. The minimum Gasteiger partial charge on any atom is -0.463 e. The van der Waals surface area contributed by atoms with Crippen LogP contribution in [0.1, 0.15) is 48.5 Å². The summed E-state index contributed by atoms with van der Waals surface area (Å²) < 4.78 is 35.4. The molecule has 0 aliphatic carbocycles. The van der Waals surface area contributed by atoms with Crippen LogP contribution in [0.15, 0.2) is 0 Å². The zero-order valence-corrected chi connectivity index (χ0v) is 28.6. The number of carbonyl (C=O) groups excluding carboxylic acids is 5. The normalized spacial score (nSPS) is 27.1. The summed E-state index contributed by atoms with van der Waals surface area (Å²) in [5, 5.41) is 14.0. The van der Waals surface area contributed by atoms with E-state index in [4.69, 9.17) is 48.5 Å². The fourth-order valence-electron chi connectivity index (χ4n) is 3.57. The number of methoxy groups -OCH3 is 1. The van der Waals surface area contributed by atoms with Crippen LogP contribution in [-0.4, -0.2) is 129 Å². The lowest BCUT2D eigenvalue weighted by atomic mass is 9.99. The molecule has 18 nitrogen and oxygen atoms in total. The first-order valence-electron chi connectivity index (χ1n) is 14.7. The van der Waals surface area contributed by atoms with E-state index >= 15 is 0 Å². The summed E-state index contributed by atoms with van der Waals surface area (Å²) in [7, 11) is 1.23. The first-order chi connectivity index (χ1) is 22.4. The van der Waals surface area contributed by atoms with Crippen LogP contribution in [0.2, 0.25) is 0 Å². The predicted octanol–water partition coefficient (Wildman–Crippen LogP) is 0.0431. The fraction of sp³-hybridized carbons (Fsp3) is 0.733. The van der Waals surface area contributed by atoms with Crippen LogP contribution in [0.5, 0.6) is 0 Å². The number of nitrogens with zero attached hydrogens (tertiary/aromatic N) is 3. The Morgan fingerprint density at radius 3 is 1.71 bits per heavy atom. The summed E-state index contributed by atoms with van der Waals surface area (Å²) in [5.74, 6) is -5.13. The molecular formula is C30H45N5O13. The zero-order chi connectivity index (χ0) is 37.2. The van der Waals surface area contributed by atoms with Crippen molar-refractivity contribution in [3.05, 3.63) is 34.3 Å². The van der Waals surface area contributed by atoms with Crippen LogP contribution in [0.3, 0.4) is 0 Å². The van der Waals surface area contributed by atoms with Gasteiger partial charge in [-0.15, -0.1) is 0 Å². The van der Waals surface area contributed by atoms with E-state index in [1.165, 1.54) is 27.9 Å². The van der Waals surface area contributed by atoms with Gasteiger partial charge in [-0.3, -0.25) is 33.7 Å². The molecule has 0 saturated carbocycles. The Hall–Kier alpha value is -4.22. The molecule has 2 saturated heterocycles. The Morgan fingerprint density at radius 1 is 0.854 bits per heavy atom. The molecule has 2 heterocycles. The van der Waals surface area contributed by atoms with E-state index in [1.807, 2.05) is 0 Å². The molecule has 2 fully saturated rings. The number of hydrogen-bond acceptors (Lipinski definition) is 13. The van der Waals surface area contributed by atoms with Gasteiger partial charge < -0.3 is 48.9 Å². The summed E-state index contributed by atoms with van der Waals surface area (Å²) in [6.45, 7) is 31.5. The maximum Gasteiger partial charge on any atom is 0.398 e. The first-order valence-corrected chi connectivity index (χ1v) is 14.7. The van der Waals surface area contributed by atoms with E-state index in [2.05, 4.69) is 34.6 Å². The third-order valence-electron chi connectivity index (χ3n) is 6.87. The minimum absolute atomic E-state index is 0.0975. The largest absolute Gasteiger partial charge is 0.463 e. The number of carbonyl (C=O) groups is 5. The molecule has 0 bridgehead atoms. The number of aliphatic hydroxyl groups is 1. The molecule has 0 spiro atoms. The molecule has 2 amide bonds. The van der Waals surface area contributed by atoms with E-state index in [0.717, 1.165) is 0 Å². The van der Waals surface area contributed by atoms with Crippen LogP contribution in [0.4, 0.5) is 0 Å². The topological polar surface area (TPSA) is 207 Å². The highest BCUT2D eigenvalue weighted by Gasteiger charge is 2.56. The predicted molar refractivity (Wildman–Crippen MR) is 164 cm³/mol. The average molecular weight is 684 g/mol. The van der Waals surface area contributed by atoms with Crippen molar-refractivity contribution >= 4 is 29.5 Å². The van der Waals surface area contributed by atoms with E-state index in [9.17, 15) is 24.0 Å². The lowest BCUT2D eigenvalue weighted by Gasteiger charge is -2.36. The highest BCUT2D eigenvalue weighted by atomic mass is 16.9. The van der Waals surface area contributed by atoms with Gasteiger partial charge in [-0.1, -0.05) is 0 Å². The fourth-order valence-corrected chi connectivity index (χ4v) is 3.57. The van der Waals surface area contributed by atoms with E-state index < -0.39 is 65.3 Å². The highest BCUT2D eigenvalue weighted by molar-refractivity contribution is 5.90. The Bertz CT molecular complexity index is 1250. The van der Waals surface area contributed by atoms with Gasteiger partial charge in [0, 0.05) is 40.5 Å². The van der Waals surface area contributed by atoms with Crippen molar-refractivity contribution in [3.8, 4) is 0 Å². The van der Waals surface area contributed by atoms with Crippen LogP contribution in [0, 0.1) is 19.7 Å². The van der Waals surface area contributed by atoms with Gasteiger partial charge in [-0.2, -0.15) is 0 Å².